The minimum atomic E-state index is -3.27. The van der Waals surface area contributed by atoms with E-state index < -0.39 is 9.84 Å². The molecule has 1 saturated carbocycles. The average Bonchev–Trinajstić information content (AvgIpc) is 2.56. The highest BCUT2D eigenvalue weighted by molar-refractivity contribution is 7.90. The van der Waals surface area contributed by atoms with Crippen LogP contribution >= 0.6 is 0 Å². The quantitative estimate of drug-likeness (QED) is 0.819. The summed E-state index contributed by atoms with van der Waals surface area (Å²) in [4.78, 5) is 0.458. The summed E-state index contributed by atoms with van der Waals surface area (Å²) >= 11 is 0. The van der Waals surface area contributed by atoms with Crippen molar-refractivity contribution in [2.24, 2.45) is 0 Å². The molecule has 0 aliphatic heterocycles. The number of hydrogen-bond donors (Lipinski definition) is 0. The van der Waals surface area contributed by atoms with Gasteiger partial charge in [0, 0.05) is 0 Å². The predicted molar refractivity (Wildman–Crippen MR) is 89.6 cm³/mol. The highest BCUT2D eigenvalue weighted by Crippen LogP contribution is 2.33. The van der Waals surface area contributed by atoms with E-state index in [1.54, 1.807) is 6.07 Å². The fourth-order valence-electron chi connectivity index (χ4n) is 3.27. The van der Waals surface area contributed by atoms with Gasteiger partial charge in [0.05, 0.1) is 10.6 Å². The van der Waals surface area contributed by atoms with E-state index in [1.165, 1.54) is 37.7 Å². The molecule has 3 rings (SSSR count). The molecule has 2 aromatic rings. The van der Waals surface area contributed by atoms with Crippen LogP contribution in [-0.4, -0.2) is 8.42 Å². The molecule has 116 valence electrons. The summed E-state index contributed by atoms with van der Waals surface area (Å²) in [6, 6.07) is 17.0. The van der Waals surface area contributed by atoms with Crippen LogP contribution in [0.4, 0.5) is 0 Å². The first-order valence-electron chi connectivity index (χ1n) is 8.02. The predicted octanol–water partition coefficient (Wildman–Crippen LogP) is 4.71. The molecule has 22 heavy (non-hydrogen) atoms. The van der Waals surface area contributed by atoms with Crippen LogP contribution in [0, 0.1) is 0 Å². The van der Waals surface area contributed by atoms with Crippen LogP contribution in [0.3, 0.4) is 0 Å². The van der Waals surface area contributed by atoms with Crippen molar-refractivity contribution in [3.8, 4) is 0 Å². The summed E-state index contributed by atoms with van der Waals surface area (Å²) in [5.74, 6) is 0.600. The minimum absolute atomic E-state index is 0.0714. The van der Waals surface area contributed by atoms with Crippen molar-refractivity contribution in [2.75, 3.05) is 0 Å². The Labute approximate surface area is 133 Å². The van der Waals surface area contributed by atoms with E-state index in [1.807, 2.05) is 42.5 Å². The Hall–Kier alpha value is -1.61. The number of benzene rings is 2. The van der Waals surface area contributed by atoms with Crippen LogP contribution in [0.5, 0.6) is 0 Å². The first-order valence-corrected chi connectivity index (χ1v) is 9.67. The fourth-order valence-corrected chi connectivity index (χ4v) is 4.67. The normalized spacial score (nSPS) is 16.5. The summed E-state index contributed by atoms with van der Waals surface area (Å²) in [5.41, 5.74) is 2.03. The highest BCUT2D eigenvalue weighted by atomic mass is 32.2. The molecule has 0 amide bonds. The van der Waals surface area contributed by atoms with Gasteiger partial charge in [0.1, 0.15) is 0 Å². The Bertz CT molecular complexity index is 714. The lowest BCUT2D eigenvalue weighted by atomic mass is 9.84. The number of sulfone groups is 1. The first kappa shape index (κ1) is 15.3. The minimum Gasteiger partial charge on any atom is -0.223 e. The summed E-state index contributed by atoms with van der Waals surface area (Å²) in [7, 11) is -3.27. The molecule has 0 heterocycles. The van der Waals surface area contributed by atoms with Gasteiger partial charge in [0.15, 0.2) is 9.84 Å². The van der Waals surface area contributed by atoms with Crippen molar-refractivity contribution in [3.05, 3.63) is 65.7 Å². The topological polar surface area (TPSA) is 34.1 Å². The van der Waals surface area contributed by atoms with Gasteiger partial charge in [-0.1, -0.05) is 61.7 Å². The van der Waals surface area contributed by atoms with E-state index in [2.05, 4.69) is 6.07 Å². The smallest absolute Gasteiger partial charge is 0.182 e. The lowest BCUT2D eigenvalue weighted by Gasteiger charge is -2.22. The van der Waals surface area contributed by atoms with Gasteiger partial charge in [-0.25, -0.2) is 8.42 Å². The third-order valence-corrected chi connectivity index (χ3v) is 6.18. The summed E-state index contributed by atoms with van der Waals surface area (Å²) in [5, 5.41) is 0. The zero-order chi connectivity index (χ0) is 15.4. The monoisotopic (exact) mass is 314 g/mol. The molecular formula is C19H22O2S. The standard InChI is InChI=1S/C19H22O2S/c20-22(21,15-16-8-3-1-4-9-16)19-13-7-12-18(14-19)17-10-5-2-6-11-17/h1,3-4,7-9,12-14,17H,2,5-6,10-11,15H2. The zero-order valence-corrected chi connectivity index (χ0v) is 13.6. The number of hydrogen-bond acceptors (Lipinski definition) is 2. The summed E-state index contributed by atoms with van der Waals surface area (Å²) in [6.45, 7) is 0. The maximum absolute atomic E-state index is 12.6. The van der Waals surface area contributed by atoms with E-state index in [-0.39, 0.29) is 5.75 Å². The van der Waals surface area contributed by atoms with Crippen molar-refractivity contribution in [1.29, 1.82) is 0 Å². The van der Waals surface area contributed by atoms with Crippen LogP contribution in [0.1, 0.15) is 49.1 Å². The molecule has 2 nitrogen and oxygen atoms in total. The molecule has 0 bridgehead atoms. The zero-order valence-electron chi connectivity index (χ0n) is 12.7. The van der Waals surface area contributed by atoms with Gasteiger partial charge in [-0.05, 0) is 42.0 Å². The van der Waals surface area contributed by atoms with E-state index >= 15 is 0 Å². The van der Waals surface area contributed by atoms with Crippen molar-refractivity contribution >= 4 is 9.84 Å². The van der Waals surface area contributed by atoms with Gasteiger partial charge >= 0.3 is 0 Å². The maximum atomic E-state index is 12.6. The molecule has 0 aromatic heterocycles. The second kappa shape index (κ2) is 6.66. The van der Waals surface area contributed by atoms with Crippen LogP contribution in [0.25, 0.3) is 0 Å². The van der Waals surface area contributed by atoms with E-state index in [4.69, 9.17) is 0 Å². The highest BCUT2D eigenvalue weighted by Gasteiger charge is 2.19. The lowest BCUT2D eigenvalue weighted by molar-refractivity contribution is 0.443. The Balaban J connectivity index is 1.84. The Morgan fingerprint density at radius 1 is 0.864 bits per heavy atom. The molecule has 1 fully saturated rings. The summed E-state index contributed by atoms with van der Waals surface area (Å²) < 4.78 is 25.3. The first-order chi connectivity index (χ1) is 10.6. The molecule has 0 saturated heterocycles. The molecular weight excluding hydrogens is 292 g/mol. The number of rotatable bonds is 4. The van der Waals surface area contributed by atoms with Gasteiger partial charge < -0.3 is 0 Å². The van der Waals surface area contributed by atoms with E-state index in [0.29, 0.717) is 10.8 Å². The SMILES string of the molecule is O=S(=O)(Cc1ccccc1)c1cccc(C2CCCCC2)c1. The molecule has 0 spiro atoms. The molecule has 1 aliphatic carbocycles. The maximum Gasteiger partial charge on any atom is 0.182 e. The van der Waals surface area contributed by atoms with Gasteiger partial charge in [-0.3, -0.25) is 0 Å². The molecule has 2 aromatic carbocycles. The van der Waals surface area contributed by atoms with Gasteiger partial charge in [-0.15, -0.1) is 0 Å². The van der Waals surface area contributed by atoms with Crippen LogP contribution in [0.2, 0.25) is 0 Å². The van der Waals surface area contributed by atoms with Crippen molar-refractivity contribution in [2.45, 2.75) is 48.7 Å². The third kappa shape index (κ3) is 3.58. The van der Waals surface area contributed by atoms with Gasteiger partial charge in [0.2, 0.25) is 0 Å². The van der Waals surface area contributed by atoms with Crippen molar-refractivity contribution in [1.82, 2.24) is 0 Å². The van der Waals surface area contributed by atoms with Gasteiger partial charge in [0.25, 0.3) is 0 Å². The molecule has 0 N–H and O–H groups in total. The third-order valence-electron chi connectivity index (χ3n) is 4.49. The molecule has 0 radical (unpaired) electrons. The van der Waals surface area contributed by atoms with E-state index in [0.717, 1.165) is 5.56 Å². The second-order valence-corrected chi connectivity index (χ2v) is 8.14. The molecule has 0 unspecified atom stereocenters. The Kier molecular flexibility index (Phi) is 4.63. The van der Waals surface area contributed by atoms with Crippen LogP contribution < -0.4 is 0 Å². The average molecular weight is 314 g/mol. The lowest BCUT2D eigenvalue weighted by Crippen LogP contribution is -2.08. The second-order valence-electron chi connectivity index (χ2n) is 6.15. The van der Waals surface area contributed by atoms with E-state index in [9.17, 15) is 8.42 Å². The Morgan fingerprint density at radius 2 is 1.59 bits per heavy atom. The fraction of sp³-hybridized carbons (Fsp3) is 0.368. The van der Waals surface area contributed by atoms with Crippen molar-refractivity contribution < 1.29 is 8.42 Å². The van der Waals surface area contributed by atoms with Gasteiger partial charge in [-0.2, -0.15) is 0 Å². The molecule has 0 atom stereocenters. The van der Waals surface area contributed by atoms with Crippen LogP contribution in [0.15, 0.2) is 59.5 Å². The largest absolute Gasteiger partial charge is 0.223 e. The Morgan fingerprint density at radius 3 is 2.32 bits per heavy atom. The molecule has 3 heteroatoms. The van der Waals surface area contributed by atoms with Crippen molar-refractivity contribution in [3.63, 3.8) is 0 Å². The summed E-state index contributed by atoms with van der Waals surface area (Å²) in [6.07, 6.45) is 6.18. The molecule has 1 aliphatic rings. The van der Waals surface area contributed by atoms with Crippen LogP contribution in [-0.2, 0) is 15.6 Å².